The molecule has 0 radical (unpaired) electrons. The van der Waals surface area contributed by atoms with E-state index in [1.54, 1.807) is 24.3 Å². The zero-order valence-electron chi connectivity index (χ0n) is 15.9. The molecule has 30 heavy (non-hydrogen) atoms. The van der Waals surface area contributed by atoms with Gasteiger partial charge in [0.05, 0.1) is 5.56 Å². The summed E-state index contributed by atoms with van der Waals surface area (Å²) in [4.78, 5) is 12.4. The molecule has 0 aliphatic carbocycles. The van der Waals surface area contributed by atoms with Gasteiger partial charge >= 0.3 is 0 Å². The predicted octanol–water partition coefficient (Wildman–Crippen LogP) is 5.01. The maximum absolute atomic E-state index is 12.4. The molecule has 4 aromatic rings. The topological polar surface area (TPSA) is 77.2 Å². The molecule has 150 valence electrons. The minimum absolute atomic E-state index is 0.104. The molecule has 4 rings (SSSR count). The van der Waals surface area contributed by atoms with Crippen molar-refractivity contribution in [1.29, 1.82) is 0 Å². The van der Waals surface area contributed by atoms with Crippen LogP contribution >= 0.6 is 15.9 Å². The van der Waals surface area contributed by atoms with Crippen LogP contribution in [0.25, 0.3) is 11.5 Å². The molecule has 7 heteroatoms. The number of hydrogen-bond acceptors (Lipinski definition) is 5. The Morgan fingerprint density at radius 3 is 2.60 bits per heavy atom. The lowest BCUT2D eigenvalue weighted by Gasteiger charge is -2.08. The van der Waals surface area contributed by atoms with Gasteiger partial charge in [-0.1, -0.05) is 48.5 Å². The van der Waals surface area contributed by atoms with Crippen LogP contribution in [-0.4, -0.2) is 16.1 Å². The normalized spacial score (nSPS) is 10.6. The van der Waals surface area contributed by atoms with E-state index in [0.29, 0.717) is 29.6 Å². The van der Waals surface area contributed by atoms with Gasteiger partial charge in [0.25, 0.3) is 11.8 Å². The van der Waals surface area contributed by atoms with Crippen molar-refractivity contribution in [3.8, 4) is 17.2 Å². The third-order valence-electron chi connectivity index (χ3n) is 4.33. The first-order valence-corrected chi connectivity index (χ1v) is 10.1. The van der Waals surface area contributed by atoms with Crippen LogP contribution in [-0.2, 0) is 13.2 Å². The molecule has 0 saturated heterocycles. The van der Waals surface area contributed by atoms with E-state index in [1.165, 1.54) is 0 Å². The van der Waals surface area contributed by atoms with Gasteiger partial charge < -0.3 is 14.5 Å². The average Bonchev–Trinajstić information content (AvgIpc) is 3.26. The quantitative estimate of drug-likeness (QED) is 0.416. The summed E-state index contributed by atoms with van der Waals surface area (Å²) >= 11 is 3.47. The van der Waals surface area contributed by atoms with Crippen molar-refractivity contribution < 1.29 is 13.9 Å². The first kappa shape index (κ1) is 19.8. The molecule has 0 bridgehead atoms. The molecule has 0 atom stereocenters. The monoisotopic (exact) mass is 463 g/mol. The lowest BCUT2D eigenvalue weighted by molar-refractivity contribution is 0.0950. The van der Waals surface area contributed by atoms with E-state index in [-0.39, 0.29) is 12.5 Å². The fourth-order valence-corrected chi connectivity index (χ4v) is 3.26. The Morgan fingerprint density at radius 2 is 1.77 bits per heavy atom. The minimum atomic E-state index is -0.168. The van der Waals surface area contributed by atoms with Gasteiger partial charge in [-0.3, -0.25) is 4.79 Å². The SMILES string of the molecule is O=C(NCc1ccccc1)c1cccc(OCc2nnc(-c3ccccc3Br)o2)c1. The van der Waals surface area contributed by atoms with Crippen molar-refractivity contribution in [2.75, 3.05) is 0 Å². The van der Waals surface area contributed by atoms with Crippen LogP contribution in [0, 0.1) is 0 Å². The number of rotatable bonds is 7. The van der Waals surface area contributed by atoms with E-state index in [0.717, 1.165) is 15.6 Å². The van der Waals surface area contributed by atoms with Gasteiger partial charge in [-0.25, -0.2) is 0 Å². The van der Waals surface area contributed by atoms with E-state index in [4.69, 9.17) is 9.15 Å². The molecule has 0 fully saturated rings. The van der Waals surface area contributed by atoms with Gasteiger partial charge in [0.2, 0.25) is 5.89 Å². The summed E-state index contributed by atoms with van der Waals surface area (Å²) in [6.07, 6.45) is 0. The Balaban J connectivity index is 1.37. The first-order valence-electron chi connectivity index (χ1n) is 9.31. The van der Waals surface area contributed by atoms with E-state index < -0.39 is 0 Å². The number of carbonyl (C=O) groups excluding carboxylic acids is 1. The van der Waals surface area contributed by atoms with Crippen molar-refractivity contribution in [2.45, 2.75) is 13.2 Å². The predicted molar refractivity (Wildman–Crippen MR) is 116 cm³/mol. The second-order valence-electron chi connectivity index (χ2n) is 6.47. The number of benzene rings is 3. The second-order valence-corrected chi connectivity index (χ2v) is 7.32. The molecule has 1 aromatic heterocycles. The van der Waals surface area contributed by atoms with Crippen LogP contribution in [0.3, 0.4) is 0 Å². The van der Waals surface area contributed by atoms with E-state index in [2.05, 4.69) is 31.4 Å². The van der Waals surface area contributed by atoms with E-state index in [9.17, 15) is 4.79 Å². The van der Waals surface area contributed by atoms with Gasteiger partial charge in [-0.15, -0.1) is 10.2 Å². The highest BCUT2D eigenvalue weighted by Gasteiger charge is 2.12. The fraction of sp³-hybridized carbons (Fsp3) is 0.0870. The number of amides is 1. The third-order valence-corrected chi connectivity index (χ3v) is 5.02. The van der Waals surface area contributed by atoms with Crippen LogP contribution in [0.2, 0.25) is 0 Å². The van der Waals surface area contributed by atoms with Crippen LogP contribution in [0.15, 0.2) is 87.8 Å². The van der Waals surface area contributed by atoms with Gasteiger partial charge in [0.15, 0.2) is 6.61 Å². The smallest absolute Gasteiger partial charge is 0.254 e. The van der Waals surface area contributed by atoms with Gasteiger partial charge in [-0.05, 0) is 51.8 Å². The van der Waals surface area contributed by atoms with Gasteiger partial charge in [0, 0.05) is 16.6 Å². The van der Waals surface area contributed by atoms with E-state index >= 15 is 0 Å². The highest BCUT2D eigenvalue weighted by molar-refractivity contribution is 9.10. The van der Waals surface area contributed by atoms with Crippen LogP contribution in [0.5, 0.6) is 5.75 Å². The summed E-state index contributed by atoms with van der Waals surface area (Å²) < 4.78 is 12.3. The van der Waals surface area contributed by atoms with Gasteiger partial charge in [0.1, 0.15) is 5.75 Å². The minimum Gasteiger partial charge on any atom is -0.484 e. The van der Waals surface area contributed by atoms with Crippen LogP contribution in [0.1, 0.15) is 21.8 Å². The number of hydrogen-bond donors (Lipinski definition) is 1. The number of aromatic nitrogens is 2. The molecule has 3 aromatic carbocycles. The molecule has 1 N–H and O–H groups in total. The van der Waals surface area contributed by atoms with Gasteiger partial charge in [-0.2, -0.15) is 0 Å². The molecular formula is C23H18BrN3O3. The molecular weight excluding hydrogens is 446 g/mol. The number of halogens is 1. The summed E-state index contributed by atoms with van der Waals surface area (Å²) in [6.45, 7) is 0.567. The van der Waals surface area contributed by atoms with Crippen molar-refractivity contribution in [3.63, 3.8) is 0 Å². The Labute approximate surface area is 182 Å². The lowest BCUT2D eigenvalue weighted by Crippen LogP contribution is -2.22. The molecule has 1 heterocycles. The van der Waals surface area contributed by atoms with Crippen LogP contribution < -0.4 is 10.1 Å². The third kappa shape index (κ3) is 4.93. The molecule has 0 saturated carbocycles. The lowest BCUT2D eigenvalue weighted by atomic mass is 10.2. The number of nitrogens with one attached hydrogen (secondary N) is 1. The number of carbonyl (C=O) groups is 1. The molecule has 6 nitrogen and oxygen atoms in total. The Hall–Kier alpha value is -3.45. The zero-order chi connectivity index (χ0) is 20.8. The van der Waals surface area contributed by atoms with Crippen LogP contribution in [0.4, 0.5) is 0 Å². The molecule has 0 spiro atoms. The van der Waals surface area contributed by atoms with E-state index in [1.807, 2.05) is 54.6 Å². The molecule has 1 amide bonds. The van der Waals surface area contributed by atoms with Crippen molar-refractivity contribution in [1.82, 2.24) is 15.5 Å². The number of ether oxygens (including phenoxy) is 1. The summed E-state index contributed by atoms with van der Waals surface area (Å²) in [5.41, 5.74) is 2.37. The largest absolute Gasteiger partial charge is 0.484 e. The summed E-state index contributed by atoms with van der Waals surface area (Å²) in [5, 5.41) is 11.0. The van der Waals surface area contributed by atoms with Crippen molar-refractivity contribution >= 4 is 21.8 Å². The van der Waals surface area contributed by atoms with Crippen molar-refractivity contribution in [3.05, 3.63) is 100 Å². The molecule has 0 aliphatic heterocycles. The standard InChI is InChI=1S/C23H18BrN3O3/c24-20-12-5-4-11-19(20)23-27-26-21(30-23)15-29-18-10-6-9-17(13-18)22(28)25-14-16-7-2-1-3-8-16/h1-13H,14-15H2,(H,25,28). The fourth-order valence-electron chi connectivity index (χ4n) is 2.81. The molecule has 0 aliphatic rings. The highest BCUT2D eigenvalue weighted by atomic mass is 79.9. The highest BCUT2D eigenvalue weighted by Crippen LogP contribution is 2.27. The maximum Gasteiger partial charge on any atom is 0.254 e. The maximum atomic E-state index is 12.4. The second kappa shape index (κ2) is 9.37. The Morgan fingerprint density at radius 1 is 0.967 bits per heavy atom. The number of nitrogens with zero attached hydrogens (tertiary/aromatic N) is 2. The molecule has 0 unspecified atom stereocenters. The average molecular weight is 464 g/mol. The Bertz CT molecular complexity index is 1150. The summed E-state index contributed by atoms with van der Waals surface area (Å²) in [6, 6.07) is 24.3. The summed E-state index contributed by atoms with van der Waals surface area (Å²) in [7, 11) is 0. The summed E-state index contributed by atoms with van der Waals surface area (Å²) in [5.74, 6) is 1.14. The van der Waals surface area contributed by atoms with Crippen molar-refractivity contribution in [2.24, 2.45) is 0 Å². The zero-order valence-corrected chi connectivity index (χ0v) is 17.5. The first-order chi connectivity index (χ1) is 14.7. The Kier molecular flexibility index (Phi) is 6.20.